The van der Waals surface area contributed by atoms with Crippen molar-refractivity contribution in [3.63, 3.8) is 0 Å². The number of aromatic nitrogens is 2. The van der Waals surface area contributed by atoms with Crippen LogP contribution in [0.15, 0.2) is 23.7 Å². The number of hydrogen-bond acceptors (Lipinski definition) is 4. The van der Waals surface area contributed by atoms with Crippen molar-refractivity contribution >= 4 is 40.0 Å². The zero-order chi connectivity index (χ0) is 19.9. The van der Waals surface area contributed by atoms with Crippen molar-refractivity contribution in [2.45, 2.75) is 31.8 Å². The van der Waals surface area contributed by atoms with Crippen LogP contribution in [0.5, 0.6) is 0 Å². The number of piperidine rings is 1. The highest BCUT2D eigenvalue weighted by atomic mass is 127. The third-order valence-electron chi connectivity index (χ3n) is 4.28. The molecule has 28 heavy (non-hydrogen) atoms. The lowest BCUT2D eigenvalue weighted by Gasteiger charge is -2.30. The minimum Gasteiger partial charge on any atom is -0.357 e. The zero-order valence-electron chi connectivity index (χ0n) is 15.5. The molecule has 13 heteroatoms. The summed E-state index contributed by atoms with van der Waals surface area (Å²) in [6, 6.07) is 0. The molecule has 162 valence electrons. The van der Waals surface area contributed by atoms with Gasteiger partial charge >= 0.3 is 15.5 Å². The van der Waals surface area contributed by atoms with E-state index in [0.717, 1.165) is 6.54 Å². The molecule has 0 saturated carbocycles. The van der Waals surface area contributed by atoms with Crippen molar-refractivity contribution < 1.29 is 21.6 Å². The lowest BCUT2D eigenvalue weighted by molar-refractivity contribution is -0.0496. The molecule has 0 spiro atoms. The Hall–Kier alpha value is -1.09. The van der Waals surface area contributed by atoms with E-state index < -0.39 is 15.5 Å². The molecule has 0 atom stereocenters. The third-order valence-corrected chi connectivity index (χ3v) is 5.91. The fourth-order valence-corrected chi connectivity index (χ4v) is 3.75. The number of aliphatic imine (C=N–C) groups is 1. The van der Waals surface area contributed by atoms with Crippen molar-refractivity contribution in [2.24, 2.45) is 10.9 Å². The second-order valence-corrected chi connectivity index (χ2v) is 8.17. The van der Waals surface area contributed by atoms with Gasteiger partial charge < -0.3 is 15.2 Å². The van der Waals surface area contributed by atoms with Gasteiger partial charge in [-0.05, 0) is 25.7 Å². The van der Waals surface area contributed by atoms with Crippen LogP contribution >= 0.6 is 24.0 Å². The Balaban J connectivity index is 0.00000392. The van der Waals surface area contributed by atoms with Gasteiger partial charge in [0.15, 0.2) is 5.96 Å². The Morgan fingerprint density at radius 2 is 1.96 bits per heavy atom. The highest BCUT2D eigenvalue weighted by Crippen LogP contribution is 2.30. The Labute approximate surface area is 180 Å². The molecule has 0 unspecified atom stereocenters. The average Bonchev–Trinajstić information content (AvgIpc) is 3.12. The van der Waals surface area contributed by atoms with Crippen molar-refractivity contribution in [1.29, 1.82) is 0 Å². The SMILES string of the molecule is CCNC(=NCC1CCN(S(=O)(=O)C(F)(F)F)CC1)NCCn1ccnc1.I. The Morgan fingerprint density at radius 3 is 2.50 bits per heavy atom. The fourth-order valence-electron chi connectivity index (χ4n) is 2.76. The van der Waals surface area contributed by atoms with E-state index in [2.05, 4.69) is 20.6 Å². The molecule has 0 radical (unpaired) electrons. The van der Waals surface area contributed by atoms with Gasteiger partial charge in [-0.25, -0.2) is 13.4 Å². The van der Waals surface area contributed by atoms with Crippen molar-refractivity contribution in [3.05, 3.63) is 18.7 Å². The van der Waals surface area contributed by atoms with E-state index in [4.69, 9.17) is 0 Å². The number of halogens is 4. The van der Waals surface area contributed by atoms with Crippen LogP contribution in [0.4, 0.5) is 13.2 Å². The normalized spacial score (nSPS) is 17.2. The fraction of sp³-hybridized carbons (Fsp3) is 0.733. The molecule has 1 aliphatic rings. The van der Waals surface area contributed by atoms with Crippen molar-refractivity contribution in [1.82, 2.24) is 24.5 Å². The van der Waals surface area contributed by atoms with Gasteiger partial charge in [0.25, 0.3) is 0 Å². The van der Waals surface area contributed by atoms with Gasteiger partial charge in [0, 0.05) is 51.7 Å². The van der Waals surface area contributed by atoms with Gasteiger partial charge in [-0.3, -0.25) is 4.99 Å². The van der Waals surface area contributed by atoms with E-state index in [0.29, 0.717) is 42.7 Å². The highest BCUT2D eigenvalue weighted by Gasteiger charge is 2.50. The monoisotopic (exact) mass is 538 g/mol. The highest BCUT2D eigenvalue weighted by molar-refractivity contribution is 14.0. The lowest BCUT2D eigenvalue weighted by Crippen LogP contribution is -2.45. The Morgan fingerprint density at radius 1 is 1.29 bits per heavy atom. The summed E-state index contributed by atoms with van der Waals surface area (Å²) < 4.78 is 63.1. The molecule has 0 aromatic carbocycles. The number of alkyl halides is 3. The molecule has 8 nitrogen and oxygen atoms in total. The number of nitrogens with one attached hydrogen (secondary N) is 2. The number of guanidine groups is 1. The van der Waals surface area contributed by atoms with E-state index in [1.54, 1.807) is 12.5 Å². The molecular formula is C15H26F3IN6O2S. The van der Waals surface area contributed by atoms with Gasteiger partial charge in [-0.2, -0.15) is 17.5 Å². The van der Waals surface area contributed by atoms with Crippen LogP contribution in [-0.2, 0) is 16.6 Å². The largest absolute Gasteiger partial charge is 0.511 e. The summed E-state index contributed by atoms with van der Waals surface area (Å²) >= 11 is 0. The smallest absolute Gasteiger partial charge is 0.357 e. The lowest BCUT2D eigenvalue weighted by atomic mass is 9.98. The van der Waals surface area contributed by atoms with Crippen LogP contribution in [0, 0.1) is 5.92 Å². The summed E-state index contributed by atoms with van der Waals surface area (Å²) in [5, 5.41) is 6.30. The minimum absolute atomic E-state index is 0. The van der Waals surface area contributed by atoms with Gasteiger partial charge in [-0.1, -0.05) is 0 Å². The van der Waals surface area contributed by atoms with Crippen molar-refractivity contribution in [3.8, 4) is 0 Å². The minimum atomic E-state index is -5.24. The summed E-state index contributed by atoms with van der Waals surface area (Å²) in [4.78, 5) is 8.44. The topological polar surface area (TPSA) is 91.6 Å². The van der Waals surface area contributed by atoms with Gasteiger partial charge in [0.05, 0.1) is 6.33 Å². The van der Waals surface area contributed by atoms with Crippen LogP contribution in [0.2, 0.25) is 0 Å². The molecule has 0 bridgehead atoms. The first-order valence-electron chi connectivity index (χ1n) is 8.78. The van der Waals surface area contributed by atoms with E-state index in [1.807, 2.05) is 17.7 Å². The van der Waals surface area contributed by atoms with E-state index in [-0.39, 0.29) is 43.0 Å². The maximum atomic E-state index is 12.6. The molecule has 1 aromatic rings. The zero-order valence-corrected chi connectivity index (χ0v) is 18.7. The van der Waals surface area contributed by atoms with Crippen LogP contribution in [0.1, 0.15) is 19.8 Å². The average molecular weight is 538 g/mol. The van der Waals surface area contributed by atoms with E-state index in [1.165, 1.54) is 0 Å². The van der Waals surface area contributed by atoms with Gasteiger partial charge in [-0.15, -0.1) is 24.0 Å². The number of hydrogen-bond donors (Lipinski definition) is 2. The predicted molar refractivity (Wildman–Crippen MR) is 111 cm³/mol. The molecule has 0 aliphatic carbocycles. The predicted octanol–water partition coefficient (Wildman–Crippen LogP) is 1.62. The number of sulfonamides is 1. The number of nitrogens with zero attached hydrogens (tertiary/aromatic N) is 4. The standard InChI is InChI=1S/C15H25F3N6O2S.HI/c1-2-20-14(21-6-10-23-9-5-19-12-23)22-11-13-3-7-24(8-4-13)27(25,26)15(16,17)18;/h5,9,12-13H,2-4,6-8,10-11H2,1H3,(H2,20,21,22);1H. The maximum absolute atomic E-state index is 12.6. The molecule has 2 N–H and O–H groups in total. The quantitative estimate of drug-likeness (QED) is 0.313. The van der Waals surface area contributed by atoms with E-state index >= 15 is 0 Å². The summed E-state index contributed by atoms with van der Waals surface area (Å²) in [6.07, 6.45) is 5.98. The Kier molecular flexibility index (Phi) is 9.97. The van der Waals surface area contributed by atoms with Crippen LogP contribution in [0.3, 0.4) is 0 Å². The van der Waals surface area contributed by atoms with Crippen LogP contribution in [0.25, 0.3) is 0 Å². The second-order valence-electron chi connectivity index (χ2n) is 6.24. The second kappa shape index (κ2) is 11.2. The molecule has 1 saturated heterocycles. The van der Waals surface area contributed by atoms with Gasteiger partial charge in [0.1, 0.15) is 0 Å². The summed E-state index contributed by atoms with van der Waals surface area (Å²) in [5.41, 5.74) is -5.24. The number of rotatable bonds is 7. The molecule has 1 fully saturated rings. The van der Waals surface area contributed by atoms with Crippen LogP contribution in [-0.4, -0.2) is 66.5 Å². The van der Waals surface area contributed by atoms with Crippen LogP contribution < -0.4 is 10.6 Å². The molecule has 0 amide bonds. The first-order chi connectivity index (χ1) is 12.7. The molecular weight excluding hydrogens is 512 g/mol. The molecule has 1 aromatic heterocycles. The van der Waals surface area contributed by atoms with E-state index in [9.17, 15) is 21.6 Å². The van der Waals surface area contributed by atoms with Crippen molar-refractivity contribution in [2.75, 3.05) is 32.7 Å². The first kappa shape index (κ1) is 24.9. The summed E-state index contributed by atoms with van der Waals surface area (Å²) in [7, 11) is -5.23. The molecule has 1 aliphatic heterocycles. The summed E-state index contributed by atoms with van der Waals surface area (Å²) in [5.74, 6) is 0.678. The third kappa shape index (κ3) is 7.06. The first-order valence-corrected chi connectivity index (χ1v) is 10.2. The van der Waals surface area contributed by atoms with Gasteiger partial charge in [0.2, 0.25) is 0 Å². The number of imidazole rings is 1. The molecule has 2 rings (SSSR count). The Bertz CT molecular complexity index is 704. The maximum Gasteiger partial charge on any atom is 0.511 e. The summed E-state index contributed by atoms with van der Waals surface area (Å²) in [6.45, 7) is 4.15. The molecule has 2 heterocycles.